The first-order chi connectivity index (χ1) is 20.2. The summed E-state index contributed by atoms with van der Waals surface area (Å²) in [6.45, 7) is 4.72. The molecule has 5 aromatic rings. The van der Waals surface area contributed by atoms with Gasteiger partial charge in [0.2, 0.25) is 5.88 Å². The predicted octanol–water partition coefficient (Wildman–Crippen LogP) is 4.60. The largest absolute Gasteiger partial charge is 0.436 e. The molecule has 1 unspecified atom stereocenters. The highest BCUT2D eigenvalue weighted by atomic mass is 19.4. The van der Waals surface area contributed by atoms with Gasteiger partial charge in [0.25, 0.3) is 0 Å². The van der Waals surface area contributed by atoms with Gasteiger partial charge in [-0.25, -0.2) is 9.50 Å². The molecule has 0 aliphatic carbocycles. The standard InChI is InChI=1S/C28H27F3N8O3/c1-17-21(13-33-39(17)16-28(29,30)31)27-20(18(2)40)4-5-23(34-27)22-14-32-38-15-19(3-6-24(22)38)42-26-8-7-25(35-36-26)37-9-11-41-12-10-37/h3-8,13-15,18,40H,9-12,16H2,1-2H3. The molecule has 1 aliphatic heterocycles. The second kappa shape index (κ2) is 11.0. The molecule has 1 saturated heterocycles. The second-order valence-electron chi connectivity index (χ2n) is 9.91. The number of alkyl halides is 3. The third-order valence-corrected chi connectivity index (χ3v) is 7.01. The lowest BCUT2D eigenvalue weighted by Crippen LogP contribution is -2.36. The topological polar surface area (TPSA) is 116 Å². The van der Waals surface area contributed by atoms with Crippen molar-refractivity contribution in [2.75, 3.05) is 31.2 Å². The van der Waals surface area contributed by atoms with E-state index in [-0.39, 0.29) is 0 Å². The van der Waals surface area contributed by atoms with E-state index >= 15 is 0 Å². The molecule has 42 heavy (non-hydrogen) atoms. The number of aliphatic hydroxyl groups is 1. The van der Waals surface area contributed by atoms with Crippen LogP contribution < -0.4 is 9.64 Å². The van der Waals surface area contributed by atoms with Crippen molar-refractivity contribution in [1.82, 2.24) is 34.6 Å². The number of ether oxygens (including phenoxy) is 2. The Labute approximate surface area is 238 Å². The third kappa shape index (κ3) is 5.63. The van der Waals surface area contributed by atoms with Gasteiger partial charge in [0.05, 0.1) is 54.8 Å². The van der Waals surface area contributed by atoms with Crippen molar-refractivity contribution < 1.29 is 27.8 Å². The van der Waals surface area contributed by atoms with Gasteiger partial charge < -0.3 is 19.5 Å². The van der Waals surface area contributed by atoms with E-state index in [9.17, 15) is 18.3 Å². The monoisotopic (exact) mass is 580 g/mol. The SMILES string of the molecule is Cc1c(-c2nc(-c3cnn4cc(Oc5ccc(N6CCOCC6)nn5)ccc34)ccc2C(C)O)cnn1CC(F)(F)F. The van der Waals surface area contributed by atoms with Crippen LogP contribution >= 0.6 is 0 Å². The van der Waals surface area contributed by atoms with Crippen molar-refractivity contribution in [3.8, 4) is 34.1 Å². The maximum Gasteiger partial charge on any atom is 0.408 e. The van der Waals surface area contributed by atoms with Crippen molar-refractivity contribution in [2.24, 2.45) is 0 Å². The summed E-state index contributed by atoms with van der Waals surface area (Å²) in [5, 5.41) is 27.2. The Hall–Kier alpha value is -4.56. The molecule has 5 aromatic heterocycles. The van der Waals surface area contributed by atoms with E-state index in [1.54, 1.807) is 55.0 Å². The molecule has 0 amide bonds. The number of nitrogens with zero attached hydrogens (tertiary/aromatic N) is 8. The fourth-order valence-electron chi connectivity index (χ4n) is 4.85. The highest BCUT2D eigenvalue weighted by Crippen LogP contribution is 2.34. The van der Waals surface area contributed by atoms with Gasteiger partial charge >= 0.3 is 6.18 Å². The maximum absolute atomic E-state index is 13.0. The Morgan fingerprint density at radius 2 is 1.79 bits per heavy atom. The Morgan fingerprint density at radius 3 is 2.50 bits per heavy atom. The summed E-state index contributed by atoms with van der Waals surface area (Å²) < 4.78 is 52.9. The van der Waals surface area contributed by atoms with Crippen LogP contribution in [0, 0.1) is 6.92 Å². The molecule has 0 saturated carbocycles. The highest BCUT2D eigenvalue weighted by molar-refractivity contribution is 5.80. The van der Waals surface area contributed by atoms with E-state index in [1.165, 1.54) is 6.20 Å². The van der Waals surface area contributed by atoms with Crippen LogP contribution in [-0.2, 0) is 11.3 Å². The van der Waals surface area contributed by atoms with Gasteiger partial charge in [-0.3, -0.25) is 4.68 Å². The van der Waals surface area contributed by atoms with E-state index in [2.05, 4.69) is 25.3 Å². The number of rotatable bonds is 7. The zero-order valence-electron chi connectivity index (χ0n) is 22.8. The average molecular weight is 581 g/mol. The molecule has 218 valence electrons. The van der Waals surface area contributed by atoms with Crippen molar-refractivity contribution in [3.63, 3.8) is 0 Å². The van der Waals surface area contributed by atoms with Crippen LogP contribution in [-0.4, -0.2) is 72.2 Å². The number of hydrogen-bond acceptors (Lipinski definition) is 9. The van der Waals surface area contributed by atoms with Gasteiger partial charge in [0.1, 0.15) is 12.3 Å². The Bertz CT molecular complexity index is 1710. The van der Waals surface area contributed by atoms with Gasteiger partial charge in [-0.2, -0.15) is 23.4 Å². The van der Waals surface area contributed by atoms with Gasteiger partial charge in [0.15, 0.2) is 5.82 Å². The number of aromatic nitrogens is 7. The Morgan fingerprint density at radius 1 is 1.00 bits per heavy atom. The van der Waals surface area contributed by atoms with E-state index in [1.807, 2.05) is 12.1 Å². The van der Waals surface area contributed by atoms with E-state index in [0.29, 0.717) is 58.6 Å². The van der Waals surface area contributed by atoms with Gasteiger partial charge in [-0.15, -0.1) is 10.2 Å². The summed E-state index contributed by atoms with van der Waals surface area (Å²) in [6, 6.07) is 10.7. The molecule has 1 fully saturated rings. The zero-order chi connectivity index (χ0) is 29.4. The molecular formula is C28H27F3N8O3. The van der Waals surface area contributed by atoms with Gasteiger partial charge in [-0.1, -0.05) is 6.07 Å². The molecule has 6 heterocycles. The lowest BCUT2D eigenvalue weighted by atomic mass is 10.0. The number of fused-ring (bicyclic) bond motifs is 1. The highest BCUT2D eigenvalue weighted by Gasteiger charge is 2.30. The van der Waals surface area contributed by atoms with Gasteiger partial charge in [-0.05, 0) is 38.1 Å². The molecule has 0 spiro atoms. The number of aliphatic hydroxyl groups excluding tert-OH is 1. The third-order valence-electron chi connectivity index (χ3n) is 7.01. The quantitative estimate of drug-likeness (QED) is 0.295. The minimum absolute atomic E-state index is 0.293. The second-order valence-corrected chi connectivity index (χ2v) is 9.91. The maximum atomic E-state index is 13.0. The molecule has 6 rings (SSSR count). The first-order valence-electron chi connectivity index (χ1n) is 13.3. The van der Waals surface area contributed by atoms with Crippen LogP contribution in [0.1, 0.15) is 24.3 Å². The Kier molecular flexibility index (Phi) is 7.24. The molecule has 1 aliphatic rings. The molecule has 1 atom stereocenters. The van der Waals surface area contributed by atoms with E-state index in [4.69, 9.17) is 14.5 Å². The minimum atomic E-state index is -4.42. The number of halogens is 3. The van der Waals surface area contributed by atoms with Crippen LogP contribution in [0.2, 0.25) is 0 Å². The fourth-order valence-corrected chi connectivity index (χ4v) is 4.85. The first-order valence-corrected chi connectivity index (χ1v) is 13.3. The molecular weight excluding hydrogens is 553 g/mol. The fraction of sp³-hybridized carbons (Fsp3) is 0.321. The molecule has 1 N–H and O–H groups in total. The summed E-state index contributed by atoms with van der Waals surface area (Å²) >= 11 is 0. The van der Waals surface area contributed by atoms with Crippen LogP contribution in [0.15, 0.2) is 55.0 Å². The van der Waals surface area contributed by atoms with Crippen LogP contribution in [0.5, 0.6) is 11.6 Å². The summed E-state index contributed by atoms with van der Waals surface area (Å²) in [6.07, 6.45) is -0.636. The number of morpholine rings is 1. The van der Waals surface area contributed by atoms with Crippen molar-refractivity contribution >= 4 is 11.3 Å². The van der Waals surface area contributed by atoms with Crippen LogP contribution in [0.4, 0.5) is 19.0 Å². The summed E-state index contributed by atoms with van der Waals surface area (Å²) in [5.74, 6) is 1.59. The van der Waals surface area contributed by atoms with Crippen LogP contribution in [0.3, 0.4) is 0 Å². The normalized spacial score (nSPS) is 14.9. The number of hydrogen-bond donors (Lipinski definition) is 1. The molecule has 11 nitrogen and oxygen atoms in total. The summed E-state index contributed by atoms with van der Waals surface area (Å²) in [5.41, 5.74) is 3.48. The van der Waals surface area contributed by atoms with Crippen LogP contribution in [0.25, 0.3) is 28.0 Å². The van der Waals surface area contributed by atoms with E-state index in [0.717, 1.165) is 29.1 Å². The predicted molar refractivity (Wildman–Crippen MR) is 146 cm³/mol. The van der Waals surface area contributed by atoms with Crippen molar-refractivity contribution in [1.29, 1.82) is 0 Å². The van der Waals surface area contributed by atoms with Crippen molar-refractivity contribution in [3.05, 3.63) is 66.2 Å². The average Bonchev–Trinajstić information content (AvgIpc) is 3.55. The van der Waals surface area contributed by atoms with Crippen molar-refractivity contribution in [2.45, 2.75) is 32.7 Å². The molecule has 0 bridgehead atoms. The Balaban J connectivity index is 1.27. The number of pyridine rings is 2. The minimum Gasteiger partial charge on any atom is -0.436 e. The first kappa shape index (κ1) is 27.6. The molecule has 0 aromatic carbocycles. The number of anilines is 1. The summed E-state index contributed by atoms with van der Waals surface area (Å²) in [7, 11) is 0. The van der Waals surface area contributed by atoms with Gasteiger partial charge in [0, 0.05) is 41.5 Å². The molecule has 0 radical (unpaired) electrons. The zero-order valence-corrected chi connectivity index (χ0v) is 22.8. The smallest absolute Gasteiger partial charge is 0.408 e. The lowest BCUT2D eigenvalue weighted by Gasteiger charge is -2.27. The molecule has 14 heteroatoms. The van der Waals surface area contributed by atoms with E-state index < -0.39 is 18.8 Å². The summed E-state index contributed by atoms with van der Waals surface area (Å²) in [4.78, 5) is 6.85. The lowest BCUT2D eigenvalue weighted by molar-refractivity contribution is -0.142.